The molecule has 0 saturated carbocycles. The molecule has 0 aliphatic heterocycles. The summed E-state index contributed by atoms with van der Waals surface area (Å²) in [5, 5.41) is 0. The summed E-state index contributed by atoms with van der Waals surface area (Å²) in [6.07, 6.45) is 11.9. The Morgan fingerprint density at radius 3 is 2.00 bits per heavy atom. The van der Waals surface area contributed by atoms with Crippen molar-refractivity contribution in [2.45, 2.75) is 84.5 Å². The molecule has 0 bridgehead atoms. The molecule has 0 radical (unpaired) electrons. The Balaban J connectivity index is 2.41. The van der Waals surface area contributed by atoms with Gasteiger partial charge >= 0.3 is 11.9 Å². The Bertz CT molecular complexity index is 612. The molecule has 0 N–H and O–H groups in total. The molecule has 6 nitrogen and oxygen atoms in total. The van der Waals surface area contributed by atoms with E-state index < -0.39 is 11.9 Å². The zero-order valence-corrected chi connectivity index (χ0v) is 19.7. The maximum Gasteiger partial charge on any atom is 0.356 e. The number of carbonyl (C=O) groups excluding carboxylic acids is 2. The topological polar surface area (TPSA) is 74.7 Å². The lowest BCUT2D eigenvalue weighted by Crippen LogP contribution is -2.15. The van der Waals surface area contributed by atoms with Crippen LogP contribution >= 0.6 is 0 Å². The van der Waals surface area contributed by atoms with Gasteiger partial charge in [-0.1, -0.05) is 71.3 Å². The zero-order chi connectivity index (χ0) is 22.7. The molecule has 0 amide bonds. The minimum atomic E-state index is -0.508. The van der Waals surface area contributed by atoms with E-state index in [0.29, 0.717) is 25.7 Å². The first-order chi connectivity index (χ1) is 15.1. The fourth-order valence-electron chi connectivity index (χ4n) is 3.39. The zero-order valence-electron chi connectivity index (χ0n) is 19.7. The highest BCUT2D eigenvalue weighted by Crippen LogP contribution is 2.17. The van der Waals surface area contributed by atoms with Crippen LogP contribution in [0.1, 0.15) is 105 Å². The number of carbonyl (C=O) groups is 2. The fourth-order valence-corrected chi connectivity index (χ4v) is 3.39. The number of nitrogens with zero attached hydrogens (tertiary/aromatic N) is 1. The Morgan fingerprint density at radius 2 is 1.35 bits per heavy atom. The quantitative estimate of drug-likeness (QED) is 0.208. The third-order valence-electron chi connectivity index (χ3n) is 5.35. The van der Waals surface area contributed by atoms with E-state index in [9.17, 15) is 9.59 Å². The molecule has 1 aromatic heterocycles. The molecule has 176 valence electrons. The molecule has 1 unspecified atom stereocenters. The number of aromatic nitrogens is 1. The lowest BCUT2D eigenvalue weighted by atomic mass is 9.96. The van der Waals surface area contributed by atoms with Crippen LogP contribution in [-0.4, -0.2) is 43.9 Å². The molecular formula is C25H41NO5. The summed E-state index contributed by atoms with van der Waals surface area (Å²) in [6, 6.07) is 4.76. The van der Waals surface area contributed by atoms with Crippen LogP contribution in [0.25, 0.3) is 0 Å². The smallest absolute Gasteiger partial charge is 0.356 e. The van der Waals surface area contributed by atoms with Crippen LogP contribution in [-0.2, 0) is 14.2 Å². The first-order valence-electron chi connectivity index (χ1n) is 11.9. The van der Waals surface area contributed by atoms with Crippen molar-refractivity contribution in [2.24, 2.45) is 5.92 Å². The van der Waals surface area contributed by atoms with Gasteiger partial charge in [0.1, 0.15) is 11.4 Å². The average molecular weight is 436 g/mol. The number of rotatable bonds is 18. The average Bonchev–Trinajstić information content (AvgIpc) is 2.79. The van der Waals surface area contributed by atoms with Crippen molar-refractivity contribution in [1.29, 1.82) is 0 Å². The van der Waals surface area contributed by atoms with Crippen LogP contribution in [0.3, 0.4) is 0 Å². The van der Waals surface area contributed by atoms with E-state index in [4.69, 9.17) is 14.2 Å². The molecule has 0 aliphatic carbocycles. The van der Waals surface area contributed by atoms with Gasteiger partial charge < -0.3 is 14.2 Å². The van der Waals surface area contributed by atoms with Crippen molar-refractivity contribution in [1.82, 2.24) is 4.98 Å². The Kier molecular flexibility index (Phi) is 15.5. The Morgan fingerprint density at radius 1 is 0.774 bits per heavy atom. The maximum absolute atomic E-state index is 12.4. The molecule has 6 heteroatoms. The van der Waals surface area contributed by atoms with Crippen LogP contribution in [0, 0.1) is 5.92 Å². The van der Waals surface area contributed by atoms with E-state index in [1.807, 2.05) is 0 Å². The highest BCUT2D eigenvalue weighted by atomic mass is 16.5. The lowest BCUT2D eigenvalue weighted by Gasteiger charge is -2.16. The molecular weight excluding hydrogens is 394 g/mol. The van der Waals surface area contributed by atoms with Gasteiger partial charge in [-0.3, -0.25) is 0 Å². The van der Waals surface area contributed by atoms with Gasteiger partial charge in [0, 0.05) is 13.7 Å². The van der Waals surface area contributed by atoms with Gasteiger partial charge in [0.25, 0.3) is 0 Å². The predicted molar refractivity (Wildman–Crippen MR) is 122 cm³/mol. The minimum Gasteiger partial charge on any atom is -0.461 e. The normalized spacial score (nSPS) is 11.8. The van der Waals surface area contributed by atoms with Crippen LogP contribution in [0.2, 0.25) is 0 Å². The van der Waals surface area contributed by atoms with E-state index in [0.717, 1.165) is 51.4 Å². The summed E-state index contributed by atoms with van der Waals surface area (Å²) >= 11 is 0. The number of pyridine rings is 1. The molecule has 0 saturated heterocycles. The Hall–Kier alpha value is -1.95. The molecule has 0 fully saturated rings. The van der Waals surface area contributed by atoms with E-state index >= 15 is 0 Å². The maximum atomic E-state index is 12.4. The van der Waals surface area contributed by atoms with Crippen molar-refractivity contribution < 1.29 is 23.8 Å². The summed E-state index contributed by atoms with van der Waals surface area (Å²) < 4.78 is 15.9. The summed E-state index contributed by atoms with van der Waals surface area (Å²) in [4.78, 5) is 28.7. The largest absolute Gasteiger partial charge is 0.461 e. The van der Waals surface area contributed by atoms with Gasteiger partial charge in [-0.05, 0) is 37.3 Å². The second-order valence-electron chi connectivity index (χ2n) is 8.03. The third kappa shape index (κ3) is 12.5. The lowest BCUT2D eigenvalue weighted by molar-refractivity contribution is 0.0463. The van der Waals surface area contributed by atoms with Crippen molar-refractivity contribution >= 4 is 11.9 Å². The third-order valence-corrected chi connectivity index (χ3v) is 5.35. The van der Waals surface area contributed by atoms with E-state index in [1.165, 1.54) is 19.3 Å². The Labute approximate surface area is 188 Å². The minimum absolute atomic E-state index is 0.135. The number of unbranched alkanes of at least 4 members (excludes halogenated alkanes) is 6. The summed E-state index contributed by atoms with van der Waals surface area (Å²) in [6.45, 7) is 5.79. The SMILES string of the molecule is CCCCCCCCOC(=O)c1cccc(C(=O)OCCC(CCCC)CCOC)n1. The van der Waals surface area contributed by atoms with Crippen LogP contribution < -0.4 is 0 Å². The van der Waals surface area contributed by atoms with Crippen LogP contribution in [0.5, 0.6) is 0 Å². The van der Waals surface area contributed by atoms with Gasteiger partial charge in [-0.15, -0.1) is 0 Å². The second-order valence-corrected chi connectivity index (χ2v) is 8.03. The number of methoxy groups -OCH3 is 1. The highest BCUT2D eigenvalue weighted by molar-refractivity contribution is 5.91. The standard InChI is InChI=1S/C25H41NO5/c1-4-6-8-9-10-11-18-30-24(27)22-14-12-15-23(26-22)25(28)31-20-17-21(13-7-5-2)16-19-29-3/h12,14-15,21H,4-11,13,16-20H2,1-3H3. The van der Waals surface area contributed by atoms with Crippen molar-refractivity contribution in [3.05, 3.63) is 29.6 Å². The number of esters is 2. The molecule has 1 heterocycles. The molecule has 0 spiro atoms. The van der Waals surface area contributed by atoms with E-state index in [1.54, 1.807) is 25.3 Å². The van der Waals surface area contributed by atoms with E-state index in [-0.39, 0.29) is 11.4 Å². The summed E-state index contributed by atoms with van der Waals surface area (Å²) in [5.74, 6) is -0.530. The van der Waals surface area contributed by atoms with E-state index in [2.05, 4.69) is 18.8 Å². The van der Waals surface area contributed by atoms with Gasteiger partial charge in [0.2, 0.25) is 0 Å². The van der Waals surface area contributed by atoms with Crippen molar-refractivity contribution in [3.8, 4) is 0 Å². The summed E-state index contributed by atoms with van der Waals surface area (Å²) in [7, 11) is 1.70. The van der Waals surface area contributed by atoms with Crippen molar-refractivity contribution in [3.63, 3.8) is 0 Å². The van der Waals surface area contributed by atoms with Gasteiger partial charge in [0.05, 0.1) is 13.2 Å². The monoisotopic (exact) mass is 435 g/mol. The predicted octanol–water partition coefficient (Wildman–Crippen LogP) is 5.99. The number of hydrogen-bond donors (Lipinski definition) is 0. The molecule has 31 heavy (non-hydrogen) atoms. The molecule has 0 aromatic carbocycles. The van der Waals surface area contributed by atoms with Crippen LogP contribution in [0.4, 0.5) is 0 Å². The van der Waals surface area contributed by atoms with Crippen LogP contribution in [0.15, 0.2) is 18.2 Å². The van der Waals surface area contributed by atoms with Gasteiger partial charge in [0.15, 0.2) is 0 Å². The molecule has 0 aliphatic rings. The van der Waals surface area contributed by atoms with Crippen molar-refractivity contribution in [2.75, 3.05) is 26.9 Å². The molecule has 1 atom stereocenters. The molecule has 1 rings (SSSR count). The number of hydrogen-bond acceptors (Lipinski definition) is 6. The highest BCUT2D eigenvalue weighted by Gasteiger charge is 2.15. The first-order valence-corrected chi connectivity index (χ1v) is 11.9. The molecule has 1 aromatic rings. The first kappa shape index (κ1) is 27.1. The number of ether oxygens (including phenoxy) is 3. The van der Waals surface area contributed by atoms with Gasteiger partial charge in [-0.25, -0.2) is 14.6 Å². The second kappa shape index (κ2) is 17.7. The van der Waals surface area contributed by atoms with Gasteiger partial charge in [-0.2, -0.15) is 0 Å². The summed E-state index contributed by atoms with van der Waals surface area (Å²) in [5.41, 5.74) is 0.275. The fraction of sp³-hybridized carbons (Fsp3) is 0.720.